The molecule has 2 heterocycles. The van der Waals surface area contributed by atoms with Gasteiger partial charge in [-0.15, -0.1) is 22.6 Å². The molecule has 0 saturated carbocycles. The molecule has 0 spiro atoms. The van der Waals surface area contributed by atoms with Crippen molar-refractivity contribution < 1.29 is 0 Å². The van der Waals surface area contributed by atoms with E-state index in [-0.39, 0.29) is 12.4 Å². The number of rotatable bonds is 3. The maximum absolute atomic E-state index is 5.49. The molecule has 15 heavy (non-hydrogen) atoms. The molecule has 1 aromatic heterocycles. The Morgan fingerprint density at radius 2 is 2.07 bits per heavy atom. The highest BCUT2D eigenvalue weighted by Gasteiger charge is 2.13. The maximum Gasteiger partial charge on any atom is 0.133 e. The van der Waals surface area contributed by atoms with Crippen LogP contribution in [0.5, 0.6) is 0 Å². The third-order valence-corrected chi connectivity index (χ3v) is 2.79. The quantitative estimate of drug-likeness (QED) is 0.852. The lowest BCUT2D eigenvalue weighted by Crippen LogP contribution is -2.08. The highest BCUT2D eigenvalue weighted by atomic mass is 35.5. The van der Waals surface area contributed by atoms with Crippen LogP contribution in [-0.4, -0.2) is 21.3 Å². The molecule has 0 amide bonds. The minimum Gasteiger partial charge on any atom is -0.330 e. The molecule has 0 unspecified atom stereocenters. The summed E-state index contributed by atoms with van der Waals surface area (Å²) < 4.78 is 2.29. The molecule has 0 atom stereocenters. The van der Waals surface area contributed by atoms with Gasteiger partial charge in [0.1, 0.15) is 11.6 Å². The van der Waals surface area contributed by atoms with Crippen molar-refractivity contribution in [3.8, 4) is 0 Å². The van der Waals surface area contributed by atoms with E-state index in [0.717, 1.165) is 38.2 Å². The van der Waals surface area contributed by atoms with Crippen LogP contribution in [-0.2, 0) is 19.4 Å². The molecule has 0 aliphatic carbocycles. The Kier molecular flexibility index (Phi) is 5.05. The van der Waals surface area contributed by atoms with Gasteiger partial charge in [-0.05, 0) is 25.8 Å². The van der Waals surface area contributed by atoms with Crippen LogP contribution < -0.4 is 5.73 Å². The van der Waals surface area contributed by atoms with Crippen LogP contribution >= 0.6 is 12.4 Å². The molecule has 1 aliphatic heterocycles. The van der Waals surface area contributed by atoms with Gasteiger partial charge in [-0.25, -0.2) is 0 Å². The average molecular weight is 231 g/mol. The van der Waals surface area contributed by atoms with Crippen molar-refractivity contribution in [3.05, 3.63) is 11.6 Å². The Morgan fingerprint density at radius 1 is 1.20 bits per heavy atom. The average Bonchev–Trinajstić information content (AvgIpc) is 2.45. The van der Waals surface area contributed by atoms with E-state index >= 15 is 0 Å². The van der Waals surface area contributed by atoms with Gasteiger partial charge in [-0.3, -0.25) is 0 Å². The second-order valence-electron chi connectivity index (χ2n) is 3.89. The zero-order valence-electron chi connectivity index (χ0n) is 8.98. The zero-order chi connectivity index (χ0) is 9.80. The van der Waals surface area contributed by atoms with E-state index in [2.05, 4.69) is 14.8 Å². The summed E-state index contributed by atoms with van der Waals surface area (Å²) in [6.45, 7) is 1.84. The Morgan fingerprint density at radius 3 is 2.87 bits per heavy atom. The predicted octanol–water partition coefficient (Wildman–Crippen LogP) is 1.32. The van der Waals surface area contributed by atoms with Gasteiger partial charge >= 0.3 is 0 Å². The number of nitrogens with zero attached hydrogens (tertiary/aromatic N) is 3. The standard InChI is InChI=1S/C10H18N4.ClH/c11-7-4-6-10-13-12-9-5-2-1-3-8-14(9)10;/h1-8,11H2;1H. The monoisotopic (exact) mass is 230 g/mol. The first-order chi connectivity index (χ1) is 6.92. The lowest BCUT2D eigenvalue weighted by atomic mass is 10.2. The third kappa shape index (κ3) is 2.92. The molecular formula is C10H19ClN4. The fourth-order valence-electron chi connectivity index (χ4n) is 1.99. The zero-order valence-corrected chi connectivity index (χ0v) is 9.80. The highest BCUT2D eigenvalue weighted by molar-refractivity contribution is 5.85. The van der Waals surface area contributed by atoms with E-state index in [4.69, 9.17) is 5.73 Å². The normalized spacial score (nSPS) is 15.3. The molecular weight excluding hydrogens is 212 g/mol. The van der Waals surface area contributed by atoms with E-state index < -0.39 is 0 Å². The summed E-state index contributed by atoms with van der Waals surface area (Å²) >= 11 is 0. The third-order valence-electron chi connectivity index (χ3n) is 2.79. The SMILES string of the molecule is Cl.NCCCc1nnc2n1CCCCC2. The number of halogens is 1. The molecule has 1 aliphatic rings. The number of hydrogen-bond acceptors (Lipinski definition) is 3. The molecule has 4 nitrogen and oxygen atoms in total. The van der Waals surface area contributed by atoms with Crippen molar-refractivity contribution in [3.63, 3.8) is 0 Å². The number of aromatic nitrogens is 3. The van der Waals surface area contributed by atoms with Crippen molar-refractivity contribution >= 4 is 12.4 Å². The maximum atomic E-state index is 5.49. The fourth-order valence-corrected chi connectivity index (χ4v) is 1.99. The van der Waals surface area contributed by atoms with Crippen molar-refractivity contribution in [2.75, 3.05) is 6.54 Å². The molecule has 0 fully saturated rings. The lowest BCUT2D eigenvalue weighted by Gasteiger charge is -2.05. The molecule has 0 aromatic carbocycles. The summed E-state index contributed by atoms with van der Waals surface area (Å²) in [5.41, 5.74) is 5.49. The molecule has 0 bridgehead atoms. The van der Waals surface area contributed by atoms with Crippen molar-refractivity contribution in [1.29, 1.82) is 0 Å². The predicted molar refractivity (Wildman–Crippen MR) is 62.2 cm³/mol. The molecule has 0 saturated heterocycles. The number of fused-ring (bicyclic) bond motifs is 1. The highest BCUT2D eigenvalue weighted by Crippen LogP contribution is 2.14. The summed E-state index contributed by atoms with van der Waals surface area (Å²) in [5, 5.41) is 8.48. The summed E-state index contributed by atoms with van der Waals surface area (Å²) in [5.74, 6) is 2.31. The fraction of sp³-hybridized carbons (Fsp3) is 0.800. The Balaban J connectivity index is 0.00000112. The second-order valence-corrected chi connectivity index (χ2v) is 3.89. The van der Waals surface area contributed by atoms with Gasteiger partial charge < -0.3 is 10.3 Å². The Hall–Kier alpha value is -0.610. The van der Waals surface area contributed by atoms with Crippen LogP contribution in [0.2, 0.25) is 0 Å². The first kappa shape index (κ1) is 12.5. The Labute approximate surface area is 96.7 Å². The summed E-state index contributed by atoms with van der Waals surface area (Å²) in [6, 6.07) is 0. The van der Waals surface area contributed by atoms with Crippen molar-refractivity contribution in [2.45, 2.75) is 45.1 Å². The van der Waals surface area contributed by atoms with Crippen molar-refractivity contribution in [2.24, 2.45) is 5.73 Å². The van der Waals surface area contributed by atoms with E-state index in [0.29, 0.717) is 0 Å². The van der Waals surface area contributed by atoms with Crippen LogP contribution in [0, 0.1) is 0 Å². The summed E-state index contributed by atoms with van der Waals surface area (Å²) in [4.78, 5) is 0. The molecule has 86 valence electrons. The largest absolute Gasteiger partial charge is 0.330 e. The lowest BCUT2D eigenvalue weighted by molar-refractivity contribution is 0.597. The van der Waals surface area contributed by atoms with E-state index in [1.54, 1.807) is 0 Å². The smallest absolute Gasteiger partial charge is 0.133 e. The van der Waals surface area contributed by atoms with Crippen molar-refractivity contribution in [1.82, 2.24) is 14.8 Å². The van der Waals surface area contributed by atoms with Gasteiger partial charge in [-0.2, -0.15) is 0 Å². The van der Waals surface area contributed by atoms with Gasteiger partial charge in [-0.1, -0.05) is 6.42 Å². The van der Waals surface area contributed by atoms with E-state index in [1.165, 1.54) is 25.1 Å². The molecule has 2 rings (SSSR count). The molecule has 1 aromatic rings. The number of hydrogen-bond donors (Lipinski definition) is 1. The second kappa shape index (κ2) is 6.08. The van der Waals surface area contributed by atoms with Gasteiger partial charge in [0.05, 0.1) is 0 Å². The van der Waals surface area contributed by atoms with Gasteiger partial charge in [0.2, 0.25) is 0 Å². The van der Waals surface area contributed by atoms with Crippen LogP contribution in [0.3, 0.4) is 0 Å². The Bertz CT molecular complexity index is 298. The molecule has 5 heteroatoms. The first-order valence-electron chi connectivity index (χ1n) is 5.53. The van der Waals surface area contributed by atoms with Crippen LogP contribution in [0.4, 0.5) is 0 Å². The number of nitrogens with two attached hydrogens (primary N) is 1. The van der Waals surface area contributed by atoms with Gasteiger partial charge in [0.15, 0.2) is 0 Å². The first-order valence-corrected chi connectivity index (χ1v) is 5.53. The number of aryl methyl sites for hydroxylation is 2. The van der Waals surface area contributed by atoms with Gasteiger partial charge in [0, 0.05) is 19.4 Å². The van der Waals surface area contributed by atoms with Gasteiger partial charge in [0.25, 0.3) is 0 Å². The minimum absolute atomic E-state index is 0. The van der Waals surface area contributed by atoms with Crippen LogP contribution in [0.1, 0.15) is 37.3 Å². The van der Waals surface area contributed by atoms with Crippen LogP contribution in [0.15, 0.2) is 0 Å². The molecule has 0 radical (unpaired) electrons. The molecule has 2 N–H and O–H groups in total. The minimum atomic E-state index is 0. The summed E-state index contributed by atoms with van der Waals surface area (Å²) in [7, 11) is 0. The van der Waals surface area contributed by atoms with Crippen LogP contribution in [0.25, 0.3) is 0 Å². The summed E-state index contributed by atoms with van der Waals surface area (Å²) in [6.07, 6.45) is 6.92. The topological polar surface area (TPSA) is 56.7 Å². The van der Waals surface area contributed by atoms with E-state index in [1.807, 2.05) is 0 Å². The van der Waals surface area contributed by atoms with E-state index in [9.17, 15) is 0 Å².